The number of ether oxygens (including phenoxy) is 1. The topological polar surface area (TPSA) is 26.3 Å². The lowest BCUT2D eigenvalue weighted by molar-refractivity contribution is -0.140. The van der Waals surface area contributed by atoms with Crippen molar-refractivity contribution in [2.45, 2.75) is 44.4 Å². The van der Waals surface area contributed by atoms with Gasteiger partial charge in [0.1, 0.15) is 11.6 Å². The number of rotatable bonds is 3. The van der Waals surface area contributed by atoms with E-state index in [0.29, 0.717) is 12.5 Å². The van der Waals surface area contributed by atoms with E-state index in [0.717, 1.165) is 30.9 Å². The number of hydrogen-bond acceptors (Lipinski definition) is 2. The van der Waals surface area contributed by atoms with Crippen LogP contribution in [-0.4, -0.2) is 5.97 Å². The molecule has 170 valence electrons. The van der Waals surface area contributed by atoms with Gasteiger partial charge in [0.25, 0.3) is 0 Å². The summed E-state index contributed by atoms with van der Waals surface area (Å²) in [4.78, 5) is 12.8. The lowest BCUT2D eigenvalue weighted by Crippen LogP contribution is -2.32. The standard InChI is InChI=1S/C23H17F7O2/c24-12-5-7-13(16(25)9-12)15-8-11(10-2-1-3-10)4-6-14(15)23(31)32-22-20(29)18(27)17(26)19(28)21(22)30/h5,7,9,14-15H,1-4,6,8H2/t14-,15?/m1/s1. The molecule has 2 aliphatic rings. The molecular weight excluding hydrogens is 441 g/mol. The van der Waals surface area contributed by atoms with E-state index in [1.807, 2.05) is 0 Å². The van der Waals surface area contributed by atoms with Gasteiger partial charge in [0.2, 0.25) is 34.8 Å². The summed E-state index contributed by atoms with van der Waals surface area (Å²) in [5.74, 6) is -18.0. The smallest absolute Gasteiger partial charge is 0.315 e. The molecule has 32 heavy (non-hydrogen) atoms. The summed E-state index contributed by atoms with van der Waals surface area (Å²) < 4.78 is 101. The third kappa shape index (κ3) is 3.89. The number of carbonyl (C=O) groups excluding carboxylic acids is 1. The van der Waals surface area contributed by atoms with Gasteiger partial charge in [-0.1, -0.05) is 17.2 Å². The van der Waals surface area contributed by atoms with Crippen LogP contribution in [0.5, 0.6) is 5.75 Å². The quantitative estimate of drug-likeness (QED) is 0.129. The van der Waals surface area contributed by atoms with E-state index in [-0.39, 0.29) is 18.4 Å². The maximum Gasteiger partial charge on any atom is 0.315 e. The SMILES string of the molecule is O=C(Oc1c(F)c(F)c(F)c(F)c1F)[C@@H]1CCC(=C2CCC2)CC1c1ccc(F)cc1F. The Labute approximate surface area is 178 Å². The minimum Gasteiger partial charge on any atom is -0.420 e. The van der Waals surface area contributed by atoms with Crippen LogP contribution < -0.4 is 4.74 Å². The summed E-state index contributed by atoms with van der Waals surface area (Å²) in [5, 5.41) is 0. The molecule has 0 saturated heterocycles. The third-order valence-corrected chi connectivity index (χ3v) is 6.20. The molecule has 2 atom stereocenters. The molecule has 0 aromatic heterocycles. The van der Waals surface area contributed by atoms with Gasteiger partial charge in [-0.25, -0.2) is 22.0 Å². The largest absolute Gasteiger partial charge is 0.420 e. The van der Waals surface area contributed by atoms with Gasteiger partial charge in [-0.3, -0.25) is 4.79 Å². The van der Waals surface area contributed by atoms with Gasteiger partial charge in [0.15, 0.2) is 0 Å². The summed E-state index contributed by atoms with van der Waals surface area (Å²) in [6.07, 6.45) is 3.59. The monoisotopic (exact) mass is 458 g/mol. The summed E-state index contributed by atoms with van der Waals surface area (Å²) in [6.45, 7) is 0. The van der Waals surface area contributed by atoms with Crippen LogP contribution in [0.1, 0.15) is 50.0 Å². The van der Waals surface area contributed by atoms with Gasteiger partial charge < -0.3 is 4.74 Å². The Kier molecular flexibility index (Phi) is 6.01. The fourth-order valence-corrected chi connectivity index (χ4v) is 4.33. The lowest BCUT2D eigenvalue weighted by Gasteiger charge is -2.35. The van der Waals surface area contributed by atoms with Crippen LogP contribution in [0.2, 0.25) is 0 Å². The number of esters is 1. The Hall–Kier alpha value is -2.84. The van der Waals surface area contributed by atoms with Crippen LogP contribution in [0.15, 0.2) is 29.3 Å². The number of hydrogen-bond donors (Lipinski definition) is 0. The summed E-state index contributed by atoms with van der Waals surface area (Å²) in [7, 11) is 0. The molecule has 0 spiro atoms. The van der Waals surface area contributed by atoms with Crippen LogP contribution in [0, 0.1) is 46.6 Å². The molecule has 9 heteroatoms. The van der Waals surface area contributed by atoms with Crippen LogP contribution in [0.25, 0.3) is 0 Å². The van der Waals surface area contributed by atoms with Crippen molar-refractivity contribution in [3.8, 4) is 5.75 Å². The number of benzene rings is 2. The van der Waals surface area contributed by atoms with Crippen molar-refractivity contribution >= 4 is 5.97 Å². The average Bonchev–Trinajstić information content (AvgIpc) is 2.72. The maximum atomic E-state index is 14.5. The van der Waals surface area contributed by atoms with Gasteiger partial charge in [0, 0.05) is 12.0 Å². The number of halogens is 7. The summed E-state index contributed by atoms with van der Waals surface area (Å²) in [6, 6.07) is 2.87. The molecule has 0 heterocycles. The molecule has 2 saturated carbocycles. The molecule has 2 fully saturated rings. The molecule has 0 N–H and O–H groups in total. The highest BCUT2D eigenvalue weighted by Gasteiger charge is 2.39. The third-order valence-electron chi connectivity index (χ3n) is 6.20. The zero-order chi connectivity index (χ0) is 23.2. The second-order valence-corrected chi connectivity index (χ2v) is 8.00. The second-order valence-electron chi connectivity index (χ2n) is 8.00. The molecule has 2 nitrogen and oxygen atoms in total. The van der Waals surface area contributed by atoms with Crippen LogP contribution in [0.3, 0.4) is 0 Å². The first-order chi connectivity index (χ1) is 15.2. The zero-order valence-electron chi connectivity index (χ0n) is 16.6. The molecule has 1 unspecified atom stereocenters. The normalized spacial score (nSPS) is 20.8. The summed E-state index contributed by atoms with van der Waals surface area (Å²) >= 11 is 0. The van der Waals surface area contributed by atoms with E-state index in [4.69, 9.17) is 0 Å². The van der Waals surface area contributed by atoms with E-state index >= 15 is 0 Å². The molecule has 0 amide bonds. The summed E-state index contributed by atoms with van der Waals surface area (Å²) in [5.41, 5.74) is 2.25. The van der Waals surface area contributed by atoms with E-state index in [1.54, 1.807) is 0 Å². The number of allylic oxidation sites excluding steroid dienone is 2. The molecular formula is C23H17F7O2. The minimum absolute atomic E-state index is 0.0166. The Morgan fingerprint density at radius 1 is 0.812 bits per heavy atom. The molecule has 4 rings (SSSR count). The first-order valence-electron chi connectivity index (χ1n) is 10.1. The Balaban J connectivity index is 1.69. The van der Waals surface area contributed by atoms with Crippen LogP contribution in [0.4, 0.5) is 30.7 Å². The first kappa shape index (κ1) is 22.4. The van der Waals surface area contributed by atoms with Gasteiger partial charge in [-0.15, -0.1) is 0 Å². The van der Waals surface area contributed by atoms with Gasteiger partial charge in [-0.2, -0.15) is 8.78 Å². The zero-order valence-corrected chi connectivity index (χ0v) is 16.6. The number of carbonyl (C=O) groups is 1. The molecule has 2 aromatic carbocycles. The highest BCUT2D eigenvalue weighted by atomic mass is 19.2. The van der Waals surface area contributed by atoms with Gasteiger partial charge in [-0.05, 0) is 50.2 Å². The van der Waals surface area contributed by atoms with Crippen molar-refractivity contribution < 1.29 is 40.3 Å². The Morgan fingerprint density at radius 2 is 1.44 bits per heavy atom. The highest BCUT2D eigenvalue weighted by Crippen LogP contribution is 2.46. The van der Waals surface area contributed by atoms with E-state index in [2.05, 4.69) is 4.74 Å². The minimum atomic E-state index is -2.37. The second kappa shape index (κ2) is 8.60. The highest BCUT2D eigenvalue weighted by molar-refractivity contribution is 5.77. The van der Waals surface area contributed by atoms with Crippen molar-refractivity contribution in [2.75, 3.05) is 0 Å². The molecule has 0 bridgehead atoms. The Morgan fingerprint density at radius 3 is 2.00 bits per heavy atom. The molecule has 0 aliphatic heterocycles. The molecule has 2 aliphatic carbocycles. The van der Waals surface area contributed by atoms with Crippen molar-refractivity contribution in [2.24, 2.45) is 5.92 Å². The maximum absolute atomic E-state index is 14.5. The van der Waals surface area contributed by atoms with Gasteiger partial charge >= 0.3 is 5.97 Å². The van der Waals surface area contributed by atoms with E-state index in [9.17, 15) is 35.5 Å². The Bertz CT molecular complexity index is 1090. The lowest BCUT2D eigenvalue weighted by atomic mass is 9.70. The fourth-order valence-electron chi connectivity index (χ4n) is 4.33. The fraction of sp³-hybridized carbons (Fsp3) is 0.348. The van der Waals surface area contributed by atoms with Crippen LogP contribution >= 0.6 is 0 Å². The average molecular weight is 458 g/mol. The first-order valence-corrected chi connectivity index (χ1v) is 10.1. The molecule has 2 aromatic rings. The molecule has 0 radical (unpaired) electrons. The predicted molar refractivity (Wildman–Crippen MR) is 99.2 cm³/mol. The van der Waals surface area contributed by atoms with Crippen molar-refractivity contribution in [3.05, 3.63) is 75.6 Å². The van der Waals surface area contributed by atoms with Gasteiger partial charge in [0.05, 0.1) is 5.92 Å². The van der Waals surface area contributed by atoms with Crippen molar-refractivity contribution in [1.82, 2.24) is 0 Å². The van der Waals surface area contributed by atoms with Crippen LogP contribution in [-0.2, 0) is 4.79 Å². The van der Waals surface area contributed by atoms with Crippen molar-refractivity contribution in [3.63, 3.8) is 0 Å². The van der Waals surface area contributed by atoms with E-state index in [1.165, 1.54) is 11.6 Å². The van der Waals surface area contributed by atoms with E-state index < -0.39 is 64.3 Å². The van der Waals surface area contributed by atoms with Crippen molar-refractivity contribution in [1.29, 1.82) is 0 Å². The predicted octanol–water partition coefficient (Wildman–Crippen LogP) is 6.63.